The van der Waals surface area contributed by atoms with Crippen LogP contribution in [-0.2, 0) is 9.59 Å². The second kappa shape index (κ2) is 7.27. The molecule has 1 saturated heterocycles. The Kier molecular flexibility index (Phi) is 4.83. The number of pyridine rings is 1. The second-order valence-electron chi connectivity index (χ2n) is 6.91. The van der Waals surface area contributed by atoms with Gasteiger partial charge >= 0.3 is 0 Å². The Morgan fingerprint density at radius 2 is 1.78 bits per heavy atom. The molecule has 0 spiro atoms. The summed E-state index contributed by atoms with van der Waals surface area (Å²) in [4.78, 5) is 31.8. The summed E-state index contributed by atoms with van der Waals surface area (Å²) >= 11 is 3.37. The van der Waals surface area contributed by atoms with Crippen LogP contribution in [0.5, 0.6) is 0 Å². The second-order valence-corrected chi connectivity index (χ2v) is 7.82. The summed E-state index contributed by atoms with van der Waals surface area (Å²) in [6, 6.07) is 11.8. The molecule has 0 bridgehead atoms. The van der Waals surface area contributed by atoms with Crippen molar-refractivity contribution in [1.29, 1.82) is 0 Å². The summed E-state index contributed by atoms with van der Waals surface area (Å²) in [6.07, 6.45) is 5.46. The van der Waals surface area contributed by atoms with Crippen molar-refractivity contribution in [3.8, 4) is 0 Å². The first kappa shape index (κ1) is 17.9. The minimum atomic E-state index is -0.655. The highest BCUT2D eigenvalue weighted by atomic mass is 79.9. The van der Waals surface area contributed by atoms with Gasteiger partial charge < -0.3 is 10.0 Å². The monoisotopic (exact) mass is 426 g/mol. The topological polar surface area (TPSA) is 70.5 Å². The highest BCUT2D eigenvalue weighted by Gasteiger charge is 2.49. The molecule has 2 aliphatic rings. The van der Waals surface area contributed by atoms with Crippen LogP contribution in [-0.4, -0.2) is 32.7 Å². The van der Waals surface area contributed by atoms with Crippen LogP contribution in [0.3, 0.4) is 0 Å². The van der Waals surface area contributed by atoms with Crippen LogP contribution in [0.4, 0.5) is 0 Å². The van der Waals surface area contributed by atoms with Crippen molar-refractivity contribution in [2.45, 2.75) is 37.8 Å². The standard InChI is InChI=1S/C21H19BrN2O3/c22-14-10-8-13(9-11-14)19(25)17-18(16-7-3-4-12-23-16)24(21(27)20(17)26)15-5-1-2-6-15/h3-4,7-12,15,18,25H,1-2,5-6H2/b19-17-. The molecular weight excluding hydrogens is 408 g/mol. The van der Waals surface area contributed by atoms with E-state index in [0.717, 1.165) is 30.2 Å². The Hall–Kier alpha value is -2.47. The van der Waals surface area contributed by atoms with Crippen molar-refractivity contribution in [3.63, 3.8) is 0 Å². The summed E-state index contributed by atoms with van der Waals surface area (Å²) in [7, 11) is 0. The number of aromatic nitrogens is 1. The van der Waals surface area contributed by atoms with Gasteiger partial charge in [-0.25, -0.2) is 0 Å². The Bertz CT molecular complexity index is 903. The first-order valence-electron chi connectivity index (χ1n) is 9.05. The predicted octanol–water partition coefficient (Wildman–Crippen LogP) is 4.21. The Labute approximate surface area is 165 Å². The number of carbonyl (C=O) groups excluding carboxylic acids is 2. The van der Waals surface area contributed by atoms with Gasteiger partial charge in [0.25, 0.3) is 11.7 Å². The fourth-order valence-corrected chi connectivity index (χ4v) is 4.26. The van der Waals surface area contributed by atoms with E-state index < -0.39 is 17.7 Å². The van der Waals surface area contributed by atoms with E-state index in [0.29, 0.717) is 11.3 Å². The molecule has 1 amide bonds. The van der Waals surface area contributed by atoms with Gasteiger partial charge in [-0.2, -0.15) is 0 Å². The molecule has 5 nitrogen and oxygen atoms in total. The summed E-state index contributed by atoms with van der Waals surface area (Å²) in [6.45, 7) is 0. The average molecular weight is 427 g/mol. The van der Waals surface area contributed by atoms with Gasteiger partial charge in [-0.1, -0.05) is 47.0 Å². The molecule has 1 N–H and O–H groups in total. The molecular formula is C21H19BrN2O3. The number of Topliss-reactive ketones (excluding diaryl/α,β-unsaturated/α-hetero) is 1. The summed E-state index contributed by atoms with van der Waals surface area (Å²) in [5, 5.41) is 10.9. The zero-order valence-electron chi connectivity index (χ0n) is 14.6. The molecule has 1 saturated carbocycles. The van der Waals surface area contributed by atoms with E-state index in [1.54, 1.807) is 47.5 Å². The van der Waals surface area contributed by atoms with E-state index in [1.165, 1.54) is 0 Å². The summed E-state index contributed by atoms with van der Waals surface area (Å²) in [5.41, 5.74) is 1.22. The molecule has 1 aliphatic heterocycles. The van der Waals surface area contributed by atoms with Crippen molar-refractivity contribution in [2.75, 3.05) is 0 Å². The van der Waals surface area contributed by atoms with Gasteiger partial charge in [-0.3, -0.25) is 14.6 Å². The number of ketones is 1. The predicted molar refractivity (Wildman–Crippen MR) is 105 cm³/mol. The maximum absolute atomic E-state index is 12.9. The van der Waals surface area contributed by atoms with Crippen molar-refractivity contribution < 1.29 is 14.7 Å². The number of likely N-dealkylation sites (tertiary alicyclic amines) is 1. The molecule has 2 aromatic rings. The van der Waals surface area contributed by atoms with Crippen LogP contribution in [0, 0.1) is 0 Å². The highest BCUT2D eigenvalue weighted by Crippen LogP contribution is 2.42. The first-order chi connectivity index (χ1) is 13.1. The lowest BCUT2D eigenvalue weighted by atomic mass is 9.97. The van der Waals surface area contributed by atoms with Gasteiger partial charge in [0.2, 0.25) is 0 Å². The number of aliphatic hydroxyl groups excluding tert-OH is 1. The zero-order chi connectivity index (χ0) is 19.0. The van der Waals surface area contributed by atoms with Crippen LogP contribution >= 0.6 is 15.9 Å². The molecule has 6 heteroatoms. The number of carbonyl (C=O) groups is 2. The molecule has 138 valence electrons. The summed E-state index contributed by atoms with van der Waals surface area (Å²) < 4.78 is 0.867. The minimum Gasteiger partial charge on any atom is -0.507 e. The number of hydrogen-bond donors (Lipinski definition) is 1. The van der Waals surface area contributed by atoms with Crippen molar-refractivity contribution in [3.05, 3.63) is 70.0 Å². The number of amides is 1. The van der Waals surface area contributed by atoms with Crippen molar-refractivity contribution in [2.24, 2.45) is 0 Å². The van der Waals surface area contributed by atoms with Crippen molar-refractivity contribution >= 4 is 33.4 Å². The van der Waals surface area contributed by atoms with E-state index in [2.05, 4.69) is 20.9 Å². The largest absolute Gasteiger partial charge is 0.507 e. The lowest BCUT2D eigenvalue weighted by molar-refractivity contribution is -0.141. The quantitative estimate of drug-likeness (QED) is 0.453. The van der Waals surface area contributed by atoms with Gasteiger partial charge in [0.1, 0.15) is 11.8 Å². The molecule has 1 aliphatic carbocycles. The van der Waals surface area contributed by atoms with Crippen molar-refractivity contribution in [1.82, 2.24) is 9.88 Å². The number of benzene rings is 1. The molecule has 2 heterocycles. The van der Waals surface area contributed by atoms with E-state index in [1.807, 2.05) is 6.07 Å². The third kappa shape index (κ3) is 3.18. The van der Waals surface area contributed by atoms with Crippen LogP contribution in [0.25, 0.3) is 5.76 Å². The lowest BCUT2D eigenvalue weighted by Crippen LogP contribution is -2.37. The maximum Gasteiger partial charge on any atom is 0.295 e. The third-order valence-electron chi connectivity index (χ3n) is 5.28. The van der Waals surface area contributed by atoms with Crippen LogP contribution < -0.4 is 0 Å². The molecule has 2 fully saturated rings. The molecule has 1 atom stereocenters. The van der Waals surface area contributed by atoms with Gasteiger partial charge in [0, 0.05) is 22.3 Å². The Balaban J connectivity index is 1.87. The number of hydrogen-bond acceptors (Lipinski definition) is 4. The van der Waals surface area contributed by atoms with Crippen LogP contribution in [0.15, 0.2) is 58.7 Å². The van der Waals surface area contributed by atoms with Gasteiger partial charge in [0.15, 0.2) is 0 Å². The van der Waals surface area contributed by atoms with E-state index in [9.17, 15) is 14.7 Å². The minimum absolute atomic E-state index is 0.00340. The normalized spacial score (nSPS) is 22.6. The number of nitrogens with zero attached hydrogens (tertiary/aromatic N) is 2. The fraction of sp³-hybridized carbons (Fsp3) is 0.286. The lowest BCUT2D eigenvalue weighted by Gasteiger charge is -2.30. The smallest absolute Gasteiger partial charge is 0.295 e. The van der Waals surface area contributed by atoms with Crippen LogP contribution in [0.1, 0.15) is 43.0 Å². The van der Waals surface area contributed by atoms with Gasteiger partial charge in [-0.05, 0) is 37.1 Å². The molecule has 0 radical (unpaired) electrons. The first-order valence-corrected chi connectivity index (χ1v) is 9.84. The SMILES string of the molecule is O=C1C(=O)N(C2CCCC2)C(c2ccccn2)/C1=C(/O)c1ccc(Br)cc1. The molecule has 1 unspecified atom stereocenters. The zero-order valence-corrected chi connectivity index (χ0v) is 16.2. The maximum atomic E-state index is 12.9. The Morgan fingerprint density at radius 1 is 1.07 bits per heavy atom. The van der Waals surface area contributed by atoms with Gasteiger partial charge in [0.05, 0.1) is 11.3 Å². The third-order valence-corrected chi connectivity index (χ3v) is 5.81. The number of halogens is 1. The van der Waals surface area contributed by atoms with E-state index in [4.69, 9.17) is 0 Å². The molecule has 27 heavy (non-hydrogen) atoms. The molecule has 4 rings (SSSR count). The van der Waals surface area contributed by atoms with Gasteiger partial charge in [-0.15, -0.1) is 0 Å². The highest BCUT2D eigenvalue weighted by molar-refractivity contribution is 9.10. The van der Waals surface area contributed by atoms with E-state index in [-0.39, 0.29) is 17.4 Å². The molecule has 1 aromatic carbocycles. The number of rotatable bonds is 3. The summed E-state index contributed by atoms with van der Waals surface area (Å²) in [5.74, 6) is -1.34. The van der Waals surface area contributed by atoms with E-state index >= 15 is 0 Å². The Morgan fingerprint density at radius 3 is 2.41 bits per heavy atom. The fourth-order valence-electron chi connectivity index (χ4n) is 4.00. The number of aliphatic hydroxyl groups is 1. The van der Waals surface area contributed by atoms with Crippen LogP contribution in [0.2, 0.25) is 0 Å². The molecule has 1 aromatic heterocycles. The average Bonchev–Trinajstić information content (AvgIpc) is 3.30.